The van der Waals surface area contributed by atoms with E-state index in [0.717, 1.165) is 11.4 Å². The first kappa shape index (κ1) is 16.3. The van der Waals surface area contributed by atoms with Crippen LogP contribution in [0.1, 0.15) is 13.8 Å². The van der Waals surface area contributed by atoms with Gasteiger partial charge in [-0.2, -0.15) is 0 Å². The Balaban J connectivity index is 0.00000256. The van der Waals surface area contributed by atoms with E-state index in [9.17, 15) is 9.90 Å². The molecule has 0 aromatic heterocycles. The van der Waals surface area contributed by atoms with Crippen molar-refractivity contribution in [1.82, 2.24) is 0 Å². The number of hydrogen-bond acceptors (Lipinski definition) is 4. The molecule has 0 aliphatic rings. The molecule has 0 radical (unpaired) electrons. The zero-order valence-electron chi connectivity index (χ0n) is 10.5. The maximum atomic E-state index is 10.2. The summed E-state index contributed by atoms with van der Waals surface area (Å²) in [5, 5.41) is 12.9. The molecular formula is C12H16NNaO3. The Hall–Kier alpha value is -0.710. The van der Waals surface area contributed by atoms with Gasteiger partial charge in [0.15, 0.2) is 0 Å². The first-order valence-corrected chi connectivity index (χ1v) is 5.24. The van der Waals surface area contributed by atoms with Crippen LogP contribution in [0.2, 0.25) is 0 Å². The summed E-state index contributed by atoms with van der Waals surface area (Å²) >= 11 is 0. The van der Waals surface area contributed by atoms with Gasteiger partial charge in [-0.25, -0.2) is 0 Å². The maximum absolute atomic E-state index is 10.2. The van der Waals surface area contributed by atoms with E-state index in [1.165, 1.54) is 0 Å². The third-order valence-corrected chi connectivity index (χ3v) is 1.87. The molecule has 4 nitrogen and oxygen atoms in total. The van der Waals surface area contributed by atoms with Gasteiger partial charge in [-0.1, -0.05) is 13.8 Å². The van der Waals surface area contributed by atoms with Crippen molar-refractivity contribution in [2.24, 2.45) is 5.92 Å². The van der Waals surface area contributed by atoms with Gasteiger partial charge in [0.05, 0.1) is 19.1 Å². The Labute approximate surface area is 124 Å². The van der Waals surface area contributed by atoms with Gasteiger partial charge < -0.3 is 20.0 Å². The fourth-order valence-electron chi connectivity index (χ4n) is 1.11. The van der Waals surface area contributed by atoms with Gasteiger partial charge in [0.25, 0.3) is 0 Å². The normalized spacial score (nSPS) is 9.59. The Morgan fingerprint density at radius 2 is 1.94 bits per heavy atom. The molecule has 0 heterocycles. The van der Waals surface area contributed by atoms with E-state index in [4.69, 9.17) is 4.74 Å². The first-order valence-electron chi connectivity index (χ1n) is 5.24. The molecule has 88 valence electrons. The van der Waals surface area contributed by atoms with Crippen molar-refractivity contribution in [1.29, 1.82) is 0 Å². The number of carboxylic acids is 1. The van der Waals surface area contributed by atoms with Crippen molar-refractivity contribution in [3.63, 3.8) is 0 Å². The number of carboxylic acid groups (broad SMARTS) is 1. The van der Waals surface area contributed by atoms with E-state index >= 15 is 0 Å². The largest absolute Gasteiger partial charge is 1.00 e. The molecule has 5 heteroatoms. The predicted octanol–water partition coefficient (Wildman–Crippen LogP) is -2.11. The number of aliphatic carboxylic acids is 1. The number of benzene rings is 1. The number of hydrogen-bond donors (Lipinski definition) is 1. The zero-order chi connectivity index (χ0) is 12.0. The third-order valence-electron chi connectivity index (χ3n) is 1.87. The maximum Gasteiger partial charge on any atom is 1.00 e. The molecule has 0 aliphatic heterocycles. The second-order valence-electron chi connectivity index (χ2n) is 3.95. The monoisotopic (exact) mass is 245 g/mol. The van der Waals surface area contributed by atoms with Crippen LogP contribution in [0.5, 0.6) is 5.75 Å². The first-order chi connectivity index (χ1) is 7.58. The second kappa shape index (κ2) is 8.39. The molecule has 0 amide bonds. The fourth-order valence-corrected chi connectivity index (χ4v) is 1.11. The van der Waals surface area contributed by atoms with Crippen LogP contribution < -0.4 is 44.7 Å². The number of nitrogens with one attached hydrogen (secondary N) is 1. The minimum absolute atomic E-state index is 0. The molecular weight excluding hydrogens is 229 g/mol. The summed E-state index contributed by atoms with van der Waals surface area (Å²) in [6.45, 7) is 4.64. The SMILES string of the molecule is CC(C)COc1ccc(NCC(=O)[O-])cc1.[Na+]. The van der Waals surface area contributed by atoms with Crippen LogP contribution in [0.4, 0.5) is 5.69 Å². The molecule has 0 spiro atoms. The van der Waals surface area contributed by atoms with E-state index in [0.29, 0.717) is 12.5 Å². The number of anilines is 1. The zero-order valence-corrected chi connectivity index (χ0v) is 12.5. The van der Waals surface area contributed by atoms with E-state index in [2.05, 4.69) is 19.2 Å². The molecule has 1 rings (SSSR count). The molecule has 1 N–H and O–H groups in total. The standard InChI is InChI=1S/C12H17NO3.Na/c1-9(2)8-16-11-5-3-10(4-6-11)13-7-12(14)15;/h3-6,9,13H,7-8H2,1-2H3,(H,14,15);/q;+1/p-1. The summed E-state index contributed by atoms with van der Waals surface area (Å²) in [6, 6.07) is 7.16. The Kier molecular flexibility index (Phi) is 8.04. The van der Waals surface area contributed by atoms with Crippen molar-refractivity contribution >= 4 is 11.7 Å². The molecule has 0 aliphatic carbocycles. The molecule has 0 unspecified atom stereocenters. The van der Waals surface area contributed by atoms with Crippen LogP contribution in [0, 0.1) is 5.92 Å². The molecule has 0 atom stereocenters. The predicted molar refractivity (Wildman–Crippen MR) is 60.3 cm³/mol. The number of carbonyl (C=O) groups is 1. The van der Waals surface area contributed by atoms with Gasteiger partial charge in [-0.3, -0.25) is 0 Å². The average Bonchev–Trinajstić information content (AvgIpc) is 2.25. The molecule has 1 aromatic rings. The smallest absolute Gasteiger partial charge is 0.548 e. The summed E-state index contributed by atoms with van der Waals surface area (Å²) < 4.78 is 5.49. The van der Waals surface area contributed by atoms with Crippen LogP contribution in [-0.4, -0.2) is 19.1 Å². The average molecular weight is 245 g/mol. The summed E-state index contributed by atoms with van der Waals surface area (Å²) in [6.07, 6.45) is 0. The number of ether oxygens (including phenoxy) is 1. The summed E-state index contributed by atoms with van der Waals surface area (Å²) in [7, 11) is 0. The topological polar surface area (TPSA) is 61.4 Å². The quantitative estimate of drug-likeness (QED) is 0.583. The molecule has 17 heavy (non-hydrogen) atoms. The summed E-state index contributed by atoms with van der Waals surface area (Å²) in [4.78, 5) is 10.2. The van der Waals surface area contributed by atoms with E-state index in [1.54, 1.807) is 24.3 Å². The molecule has 1 aromatic carbocycles. The molecule has 0 saturated heterocycles. The van der Waals surface area contributed by atoms with Gasteiger partial charge in [-0.15, -0.1) is 0 Å². The molecule has 0 saturated carbocycles. The van der Waals surface area contributed by atoms with Gasteiger partial charge in [0.1, 0.15) is 5.75 Å². The van der Waals surface area contributed by atoms with Crippen molar-refractivity contribution in [2.75, 3.05) is 18.5 Å². The van der Waals surface area contributed by atoms with Crippen LogP contribution in [0.3, 0.4) is 0 Å². The van der Waals surface area contributed by atoms with Crippen LogP contribution >= 0.6 is 0 Å². The van der Waals surface area contributed by atoms with Crippen LogP contribution in [0.25, 0.3) is 0 Å². The van der Waals surface area contributed by atoms with Gasteiger partial charge in [-0.05, 0) is 30.2 Å². The van der Waals surface area contributed by atoms with Crippen molar-refractivity contribution < 1.29 is 44.2 Å². The Morgan fingerprint density at radius 1 is 1.35 bits per heavy atom. The fraction of sp³-hybridized carbons (Fsp3) is 0.417. The minimum atomic E-state index is -1.12. The van der Waals surface area contributed by atoms with E-state index in [-0.39, 0.29) is 36.1 Å². The van der Waals surface area contributed by atoms with Crippen LogP contribution in [-0.2, 0) is 4.79 Å². The van der Waals surface area contributed by atoms with E-state index < -0.39 is 5.97 Å². The van der Waals surface area contributed by atoms with E-state index in [1.807, 2.05) is 0 Å². The number of rotatable bonds is 6. The Morgan fingerprint density at radius 3 is 2.41 bits per heavy atom. The molecule has 0 bridgehead atoms. The summed E-state index contributed by atoms with van der Waals surface area (Å²) in [5.41, 5.74) is 0.737. The Bertz CT molecular complexity index is 338. The van der Waals surface area contributed by atoms with Gasteiger partial charge in [0, 0.05) is 5.69 Å². The number of carbonyl (C=O) groups excluding carboxylic acids is 1. The minimum Gasteiger partial charge on any atom is -0.548 e. The van der Waals surface area contributed by atoms with Gasteiger partial charge in [0.2, 0.25) is 0 Å². The summed E-state index contributed by atoms with van der Waals surface area (Å²) in [5.74, 6) is 0.142. The van der Waals surface area contributed by atoms with Crippen molar-refractivity contribution in [3.8, 4) is 5.75 Å². The van der Waals surface area contributed by atoms with Gasteiger partial charge >= 0.3 is 29.6 Å². The second-order valence-corrected chi connectivity index (χ2v) is 3.95. The molecule has 0 fully saturated rings. The van der Waals surface area contributed by atoms with Crippen molar-refractivity contribution in [2.45, 2.75) is 13.8 Å². The van der Waals surface area contributed by atoms with Crippen LogP contribution in [0.15, 0.2) is 24.3 Å². The third kappa shape index (κ3) is 7.26. The van der Waals surface area contributed by atoms with Crippen molar-refractivity contribution in [3.05, 3.63) is 24.3 Å².